The van der Waals surface area contributed by atoms with Crippen LogP contribution in [0, 0.1) is 13.8 Å². The van der Waals surface area contributed by atoms with Gasteiger partial charge in [0.25, 0.3) is 0 Å². The average molecular weight is 239 g/mol. The number of rotatable bonds is 5. The first kappa shape index (κ1) is 13.8. The Morgan fingerprint density at radius 2 is 2.06 bits per heavy atom. The van der Waals surface area contributed by atoms with Crippen molar-refractivity contribution in [3.05, 3.63) is 23.2 Å². The molecule has 1 N–H and O–H groups in total. The molecule has 1 aromatic heterocycles. The standard InChI is InChI=1S/C13H21NO3/c1-8(2)16-13(15)7-14-10(4)12-6-9(3)17-11(12)5/h6,8,10,14H,7H2,1-5H3. The Kier molecular flexibility index (Phi) is 4.75. The van der Waals surface area contributed by atoms with E-state index in [0.717, 1.165) is 17.1 Å². The lowest BCUT2D eigenvalue weighted by molar-refractivity contribution is -0.146. The van der Waals surface area contributed by atoms with Crippen molar-refractivity contribution in [2.75, 3.05) is 6.54 Å². The zero-order valence-electron chi connectivity index (χ0n) is 11.2. The quantitative estimate of drug-likeness (QED) is 0.802. The second-order valence-electron chi connectivity index (χ2n) is 4.51. The van der Waals surface area contributed by atoms with Crippen LogP contribution in [0.5, 0.6) is 0 Å². The summed E-state index contributed by atoms with van der Waals surface area (Å²) in [5.74, 6) is 1.54. The third kappa shape index (κ3) is 4.23. The molecule has 0 aliphatic heterocycles. The Balaban J connectivity index is 2.47. The number of hydrogen-bond donors (Lipinski definition) is 1. The third-order valence-electron chi connectivity index (χ3n) is 2.47. The number of carbonyl (C=O) groups is 1. The minimum atomic E-state index is -0.232. The van der Waals surface area contributed by atoms with Crippen LogP contribution in [0.1, 0.15) is 43.9 Å². The molecule has 1 heterocycles. The maximum absolute atomic E-state index is 11.4. The Labute approximate surface area is 102 Å². The molecule has 1 rings (SSSR count). The molecule has 0 saturated heterocycles. The smallest absolute Gasteiger partial charge is 0.320 e. The number of furan rings is 1. The van der Waals surface area contributed by atoms with Gasteiger partial charge in [-0.1, -0.05) is 0 Å². The van der Waals surface area contributed by atoms with Gasteiger partial charge in [-0.15, -0.1) is 0 Å². The molecule has 0 aromatic carbocycles. The Hall–Kier alpha value is -1.29. The van der Waals surface area contributed by atoms with Crippen LogP contribution in [0.2, 0.25) is 0 Å². The molecule has 0 saturated carbocycles. The van der Waals surface area contributed by atoms with Gasteiger partial charge in [0.2, 0.25) is 0 Å². The molecule has 4 heteroatoms. The molecule has 0 aliphatic rings. The zero-order valence-corrected chi connectivity index (χ0v) is 11.2. The Bertz CT molecular complexity index is 382. The Morgan fingerprint density at radius 3 is 2.53 bits per heavy atom. The van der Waals surface area contributed by atoms with E-state index in [0.29, 0.717) is 0 Å². The van der Waals surface area contributed by atoms with Crippen molar-refractivity contribution in [2.24, 2.45) is 0 Å². The van der Waals surface area contributed by atoms with Gasteiger partial charge in [0, 0.05) is 11.6 Å². The summed E-state index contributed by atoms with van der Waals surface area (Å²) in [4.78, 5) is 11.4. The summed E-state index contributed by atoms with van der Waals surface area (Å²) in [6.07, 6.45) is -0.0717. The topological polar surface area (TPSA) is 51.5 Å². The van der Waals surface area contributed by atoms with E-state index in [1.807, 2.05) is 40.7 Å². The maximum atomic E-state index is 11.4. The maximum Gasteiger partial charge on any atom is 0.320 e. The number of ether oxygens (including phenoxy) is 1. The number of esters is 1. The van der Waals surface area contributed by atoms with Crippen molar-refractivity contribution < 1.29 is 13.9 Å². The number of aryl methyl sites for hydroxylation is 2. The minimum Gasteiger partial charge on any atom is -0.466 e. The zero-order chi connectivity index (χ0) is 13.0. The summed E-state index contributed by atoms with van der Waals surface area (Å²) < 4.78 is 10.5. The van der Waals surface area contributed by atoms with Gasteiger partial charge in [0.05, 0.1) is 12.6 Å². The van der Waals surface area contributed by atoms with Gasteiger partial charge >= 0.3 is 5.97 Å². The van der Waals surface area contributed by atoms with Crippen molar-refractivity contribution in [1.82, 2.24) is 5.32 Å². The molecule has 0 spiro atoms. The molecule has 0 radical (unpaired) electrons. The van der Waals surface area contributed by atoms with E-state index in [1.165, 1.54) is 0 Å². The van der Waals surface area contributed by atoms with E-state index in [2.05, 4.69) is 5.32 Å². The Morgan fingerprint density at radius 1 is 1.41 bits per heavy atom. The van der Waals surface area contributed by atoms with E-state index in [9.17, 15) is 4.79 Å². The van der Waals surface area contributed by atoms with Crippen molar-refractivity contribution in [1.29, 1.82) is 0 Å². The summed E-state index contributed by atoms with van der Waals surface area (Å²) in [7, 11) is 0. The number of nitrogens with one attached hydrogen (secondary N) is 1. The van der Waals surface area contributed by atoms with Gasteiger partial charge in [-0.25, -0.2) is 0 Å². The molecule has 17 heavy (non-hydrogen) atoms. The van der Waals surface area contributed by atoms with Gasteiger partial charge in [-0.05, 0) is 40.7 Å². The van der Waals surface area contributed by atoms with Gasteiger partial charge < -0.3 is 14.5 Å². The molecule has 96 valence electrons. The van der Waals surface area contributed by atoms with E-state index in [4.69, 9.17) is 9.15 Å². The molecular formula is C13H21NO3. The summed E-state index contributed by atoms with van der Waals surface area (Å²) in [5, 5.41) is 3.12. The molecule has 0 bridgehead atoms. The van der Waals surface area contributed by atoms with Crippen LogP contribution in [-0.2, 0) is 9.53 Å². The number of hydrogen-bond acceptors (Lipinski definition) is 4. The van der Waals surface area contributed by atoms with E-state index in [-0.39, 0.29) is 24.7 Å². The van der Waals surface area contributed by atoms with Crippen molar-refractivity contribution in [3.8, 4) is 0 Å². The largest absolute Gasteiger partial charge is 0.466 e. The fraction of sp³-hybridized carbons (Fsp3) is 0.615. The fourth-order valence-corrected chi connectivity index (χ4v) is 1.73. The average Bonchev–Trinajstić information content (AvgIpc) is 2.53. The fourth-order valence-electron chi connectivity index (χ4n) is 1.73. The highest BCUT2D eigenvalue weighted by molar-refractivity contribution is 5.71. The van der Waals surface area contributed by atoms with Crippen LogP contribution in [0.3, 0.4) is 0 Å². The van der Waals surface area contributed by atoms with Crippen LogP contribution >= 0.6 is 0 Å². The van der Waals surface area contributed by atoms with E-state index < -0.39 is 0 Å². The predicted octanol–water partition coefficient (Wildman–Crippen LogP) is 2.50. The van der Waals surface area contributed by atoms with Crippen molar-refractivity contribution in [2.45, 2.75) is 46.8 Å². The minimum absolute atomic E-state index is 0.0717. The van der Waals surface area contributed by atoms with Crippen LogP contribution in [0.4, 0.5) is 0 Å². The third-order valence-corrected chi connectivity index (χ3v) is 2.47. The van der Waals surface area contributed by atoms with Gasteiger partial charge in [0.1, 0.15) is 11.5 Å². The highest BCUT2D eigenvalue weighted by Crippen LogP contribution is 2.20. The second kappa shape index (κ2) is 5.87. The SMILES string of the molecule is Cc1cc(C(C)NCC(=O)OC(C)C)c(C)o1. The lowest BCUT2D eigenvalue weighted by Crippen LogP contribution is -2.28. The first-order chi connectivity index (χ1) is 7.90. The lowest BCUT2D eigenvalue weighted by atomic mass is 10.1. The highest BCUT2D eigenvalue weighted by atomic mass is 16.5. The van der Waals surface area contributed by atoms with Crippen LogP contribution in [-0.4, -0.2) is 18.6 Å². The van der Waals surface area contributed by atoms with Gasteiger partial charge in [-0.2, -0.15) is 0 Å². The summed E-state index contributed by atoms with van der Waals surface area (Å²) in [6, 6.07) is 2.06. The molecule has 1 aromatic rings. The lowest BCUT2D eigenvalue weighted by Gasteiger charge is -2.13. The molecular weight excluding hydrogens is 218 g/mol. The second-order valence-corrected chi connectivity index (χ2v) is 4.51. The van der Waals surface area contributed by atoms with Crippen molar-refractivity contribution in [3.63, 3.8) is 0 Å². The van der Waals surface area contributed by atoms with Crippen LogP contribution in [0.25, 0.3) is 0 Å². The normalized spacial score (nSPS) is 12.8. The monoisotopic (exact) mass is 239 g/mol. The summed E-state index contributed by atoms with van der Waals surface area (Å²) >= 11 is 0. The molecule has 1 atom stereocenters. The summed E-state index contributed by atoms with van der Waals surface area (Å²) in [6.45, 7) is 9.72. The molecule has 0 aliphatic carbocycles. The van der Waals surface area contributed by atoms with Crippen molar-refractivity contribution >= 4 is 5.97 Å². The number of carbonyl (C=O) groups excluding carboxylic acids is 1. The molecule has 1 unspecified atom stereocenters. The predicted molar refractivity (Wildman–Crippen MR) is 65.8 cm³/mol. The first-order valence-electron chi connectivity index (χ1n) is 5.90. The highest BCUT2D eigenvalue weighted by Gasteiger charge is 2.14. The van der Waals surface area contributed by atoms with E-state index in [1.54, 1.807) is 0 Å². The molecule has 4 nitrogen and oxygen atoms in total. The van der Waals surface area contributed by atoms with Gasteiger partial charge in [0.15, 0.2) is 0 Å². The van der Waals surface area contributed by atoms with Gasteiger partial charge in [-0.3, -0.25) is 4.79 Å². The van der Waals surface area contributed by atoms with Crippen LogP contribution in [0.15, 0.2) is 10.5 Å². The molecule has 0 amide bonds. The first-order valence-corrected chi connectivity index (χ1v) is 5.90. The summed E-state index contributed by atoms with van der Waals surface area (Å²) in [5.41, 5.74) is 1.08. The van der Waals surface area contributed by atoms with Crippen LogP contribution < -0.4 is 5.32 Å². The molecule has 0 fully saturated rings. The van der Waals surface area contributed by atoms with E-state index >= 15 is 0 Å².